The standard InChI is InChI=1S/C26H22N4O6/c1-17-6-5-9-20(12-17)27-24(31)15-29-25(32)21(28-26(29)33)13-19-10-11-23(22(14-19)30(34)35)36-16-18-7-3-2-4-8-18/h2-14H,15-16H2,1H3,(H,27,31)(H,28,33)/b21-13+. The molecule has 0 unspecified atom stereocenters. The lowest BCUT2D eigenvalue weighted by atomic mass is 10.1. The molecule has 1 saturated heterocycles. The number of nitro groups is 1. The molecule has 1 aliphatic heterocycles. The third-order valence-electron chi connectivity index (χ3n) is 5.29. The lowest BCUT2D eigenvalue weighted by Crippen LogP contribution is -2.38. The van der Waals surface area contributed by atoms with Crippen molar-refractivity contribution in [3.8, 4) is 5.75 Å². The van der Waals surface area contributed by atoms with Gasteiger partial charge in [0, 0.05) is 11.8 Å². The Bertz CT molecular complexity index is 1370. The number of rotatable bonds is 8. The molecule has 36 heavy (non-hydrogen) atoms. The molecule has 0 aromatic heterocycles. The van der Waals surface area contributed by atoms with Crippen molar-refractivity contribution in [1.29, 1.82) is 0 Å². The zero-order chi connectivity index (χ0) is 25.7. The molecule has 0 radical (unpaired) electrons. The summed E-state index contributed by atoms with van der Waals surface area (Å²) in [6, 6.07) is 19.8. The van der Waals surface area contributed by atoms with Gasteiger partial charge in [-0.05, 0) is 47.9 Å². The lowest BCUT2D eigenvalue weighted by molar-refractivity contribution is -0.386. The molecule has 0 bridgehead atoms. The van der Waals surface area contributed by atoms with Gasteiger partial charge in [-0.25, -0.2) is 9.69 Å². The van der Waals surface area contributed by atoms with E-state index in [9.17, 15) is 24.5 Å². The Morgan fingerprint density at radius 2 is 1.86 bits per heavy atom. The number of anilines is 1. The van der Waals surface area contributed by atoms with Crippen LogP contribution in [0.4, 0.5) is 16.2 Å². The fourth-order valence-electron chi connectivity index (χ4n) is 3.57. The van der Waals surface area contributed by atoms with Gasteiger partial charge in [-0.1, -0.05) is 48.5 Å². The van der Waals surface area contributed by atoms with Crippen molar-refractivity contribution >= 4 is 35.3 Å². The molecule has 182 valence electrons. The first-order chi connectivity index (χ1) is 17.3. The number of carbonyl (C=O) groups excluding carboxylic acids is 3. The average molecular weight is 486 g/mol. The Labute approximate surface area is 206 Å². The molecule has 1 heterocycles. The number of nitro benzene ring substituents is 1. The highest BCUT2D eigenvalue weighted by atomic mass is 16.6. The average Bonchev–Trinajstić information content (AvgIpc) is 3.11. The summed E-state index contributed by atoms with van der Waals surface area (Å²) in [5.41, 5.74) is 2.26. The maximum absolute atomic E-state index is 12.7. The second-order valence-electron chi connectivity index (χ2n) is 8.06. The van der Waals surface area contributed by atoms with E-state index in [4.69, 9.17) is 4.74 Å². The highest BCUT2D eigenvalue weighted by molar-refractivity contribution is 6.16. The molecule has 3 aromatic rings. The van der Waals surface area contributed by atoms with Crippen LogP contribution in [0, 0.1) is 17.0 Å². The fraction of sp³-hybridized carbons (Fsp3) is 0.115. The van der Waals surface area contributed by atoms with Crippen LogP contribution in [0.15, 0.2) is 78.5 Å². The normalized spacial score (nSPS) is 14.0. The predicted molar refractivity (Wildman–Crippen MR) is 132 cm³/mol. The number of urea groups is 1. The van der Waals surface area contributed by atoms with Crippen LogP contribution in [0.2, 0.25) is 0 Å². The van der Waals surface area contributed by atoms with E-state index >= 15 is 0 Å². The van der Waals surface area contributed by atoms with E-state index in [1.165, 1.54) is 24.3 Å². The van der Waals surface area contributed by atoms with Crippen molar-refractivity contribution < 1.29 is 24.0 Å². The minimum absolute atomic E-state index is 0.0715. The topological polar surface area (TPSA) is 131 Å². The summed E-state index contributed by atoms with van der Waals surface area (Å²) in [5, 5.41) is 16.7. The number of ether oxygens (including phenoxy) is 1. The zero-order valence-electron chi connectivity index (χ0n) is 19.3. The van der Waals surface area contributed by atoms with Crippen molar-refractivity contribution in [3.05, 3.63) is 105 Å². The molecule has 0 saturated carbocycles. The van der Waals surface area contributed by atoms with Crippen molar-refractivity contribution in [1.82, 2.24) is 10.2 Å². The van der Waals surface area contributed by atoms with Gasteiger partial charge in [0.2, 0.25) is 5.91 Å². The largest absolute Gasteiger partial charge is 0.482 e. The third-order valence-corrected chi connectivity index (χ3v) is 5.29. The molecule has 0 spiro atoms. The van der Waals surface area contributed by atoms with E-state index in [1.54, 1.807) is 18.2 Å². The maximum atomic E-state index is 12.7. The molecular weight excluding hydrogens is 464 g/mol. The number of carbonyl (C=O) groups is 3. The highest BCUT2D eigenvalue weighted by Crippen LogP contribution is 2.30. The van der Waals surface area contributed by atoms with Crippen molar-refractivity contribution in [2.24, 2.45) is 0 Å². The Morgan fingerprint density at radius 3 is 2.58 bits per heavy atom. The van der Waals surface area contributed by atoms with E-state index in [0.717, 1.165) is 16.0 Å². The van der Waals surface area contributed by atoms with Gasteiger partial charge in [0.05, 0.1) is 4.92 Å². The van der Waals surface area contributed by atoms with Crippen LogP contribution in [0.1, 0.15) is 16.7 Å². The van der Waals surface area contributed by atoms with Crippen molar-refractivity contribution in [2.75, 3.05) is 11.9 Å². The van der Waals surface area contributed by atoms with E-state index in [2.05, 4.69) is 10.6 Å². The van der Waals surface area contributed by atoms with Crippen molar-refractivity contribution in [3.63, 3.8) is 0 Å². The molecule has 0 atom stereocenters. The number of imide groups is 1. The van der Waals surface area contributed by atoms with Crippen LogP contribution in [0.25, 0.3) is 6.08 Å². The Balaban J connectivity index is 1.46. The molecule has 4 rings (SSSR count). The Morgan fingerprint density at radius 1 is 1.08 bits per heavy atom. The van der Waals surface area contributed by atoms with E-state index in [1.807, 2.05) is 43.3 Å². The van der Waals surface area contributed by atoms with Gasteiger partial charge in [0.15, 0.2) is 5.75 Å². The number of amides is 4. The van der Waals surface area contributed by atoms with Gasteiger partial charge in [-0.15, -0.1) is 0 Å². The maximum Gasteiger partial charge on any atom is 0.329 e. The van der Waals surface area contributed by atoms with Gasteiger partial charge in [0.25, 0.3) is 5.91 Å². The molecule has 2 N–H and O–H groups in total. The highest BCUT2D eigenvalue weighted by Gasteiger charge is 2.35. The Kier molecular flexibility index (Phi) is 7.05. The Hall–Kier alpha value is -4.99. The number of aryl methyl sites for hydroxylation is 1. The van der Waals surface area contributed by atoms with E-state index in [0.29, 0.717) is 11.3 Å². The van der Waals surface area contributed by atoms with Gasteiger partial charge in [-0.2, -0.15) is 0 Å². The first-order valence-electron chi connectivity index (χ1n) is 11.0. The smallest absolute Gasteiger partial charge is 0.329 e. The summed E-state index contributed by atoms with van der Waals surface area (Å²) in [6.07, 6.45) is 1.31. The summed E-state index contributed by atoms with van der Waals surface area (Å²) in [5.74, 6) is -1.19. The first kappa shape index (κ1) is 24.1. The molecule has 1 fully saturated rings. The first-order valence-corrected chi connectivity index (χ1v) is 11.0. The quantitative estimate of drug-likeness (QED) is 0.214. The SMILES string of the molecule is Cc1cccc(NC(=O)CN2C(=O)N/C(=C/c3ccc(OCc4ccccc4)c([N+](=O)[O-])c3)C2=O)c1. The van der Waals surface area contributed by atoms with E-state index < -0.39 is 29.3 Å². The minimum atomic E-state index is -0.761. The zero-order valence-corrected chi connectivity index (χ0v) is 19.3. The summed E-state index contributed by atoms with van der Waals surface area (Å²) in [6.45, 7) is 1.54. The molecule has 0 aliphatic carbocycles. The van der Waals surface area contributed by atoms with Crippen LogP contribution in [-0.4, -0.2) is 34.2 Å². The number of nitrogens with one attached hydrogen (secondary N) is 2. The van der Waals surface area contributed by atoms with Gasteiger partial charge in [0.1, 0.15) is 18.8 Å². The summed E-state index contributed by atoms with van der Waals surface area (Å²) in [7, 11) is 0. The fourth-order valence-corrected chi connectivity index (χ4v) is 3.57. The predicted octanol–water partition coefficient (Wildman–Crippen LogP) is 4.01. The monoisotopic (exact) mass is 486 g/mol. The van der Waals surface area contributed by atoms with Crippen LogP contribution in [0.5, 0.6) is 5.75 Å². The molecule has 10 heteroatoms. The minimum Gasteiger partial charge on any atom is -0.482 e. The van der Waals surface area contributed by atoms with Crippen molar-refractivity contribution in [2.45, 2.75) is 13.5 Å². The molecular formula is C26H22N4O6. The second-order valence-corrected chi connectivity index (χ2v) is 8.06. The second kappa shape index (κ2) is 10.5. The summed E-state index contributed by atoms with van der Waals surface area (Å²) < 4.78 is 5.61. The number of nitrogens with zero attached hydrogens (tertiary/aromatic N) is 2. The lowest BCUT2D eigenvalue weighted by Gasteiger charge is -2.12. The van der Waals surface area contributed by atoms with Crippen LogP contribution in [0.3, 0.4) is 0 Å². The number of hydrogen-bond donors (Lipinski definition) is 2. The van der Waals surface area contributed by atoms with Gasteiger partial charge < -0.3 is 15.4 Å². The molecule has 10 nitrogen and oxygen atoms in total. The van der Waals surface area contributed by atoms with Crippen LogP contribution < -0.4 is 15.4 Å². The van der Waals surface area contributed by atoms with Gasteiger partial charge in [-0.3, -0.25) is 19.7 Å². The molecule has 4 amide bonds. The van der Waals surface area contributed by atoms with Crippen LogP contribution in [-0.2, 0) is 16.2 Å². The summed E-state index contributed by atoms with van der Waals surface area (Å²) >= 11 is 0. The molecule has 3 aromatic carbocycles. The van der Waals surface area contributed by atoms with Crippen LogP contribution >= 0.6 is 0 Å². The van der Waals surface area contributed by atoms with Gasteiger partial charge >= 0.3 is 11.7 Å². The summed E-state index contributed by atoms with van der Waals surface area (Å²) in [4.78, 5) is 49.2. The third kappa shape index (κ3) is 5.73. The van der Waals surface area contributed by atoms with E-state index in [-0.39, 0.29) is 23.7 Å². The number of benzene rings is 3. The molecule has 1 aliphatic rings. The number of hydrogen-bond acceptors (Lipinski definition) is 6.